The molecule has 1 aromatic carbocycles. The largest absolute Gasteiger partial charge is 0.493 e. The second kappa shape index (κ2) is 12.5. The molecule has 0 saturated carbocycles. The number of ether oxygens (including phenoxy) is 2. The highest BCUT2D eigenvalue weighted by atomic mass is 127. The zero-order chi connectivity index (χ0) is 17.9. The van der Waals surface area contributed by atoms with Gasteiger partial charge in [-0.3, -0.25) is 4.99 Å². The van der Waals surface area contributed by atoms with Crippen LogP contribution in [0.2, 0.25) is 0 Å². The molecule has 0 fully saturated rings. The molecule has 0 atom stereocenters. The molecule has 26 heavy (non-hydrogen) atoms. The Bertz CT molecular complexity index is 662. The molecule has 2 rings (SSSR count). The van der Waals surface area contributed by atoms with Crippen LogP contribution in [0.1, 0.15) is 23.2 Å². The van der Waals surface area contributed by atoms with Crippen molar-refractivity contribution in [2.24, 2.45) is 4.99 Å². The van der Waals surface area contributed by atoms with Gasteiger partial charge in [0.2, 0.25) is 0 Å². The molecule has 7 nitrogen and oxygen atoms in total. The Morgan fingerprint density at radius 2 is 2.00 bits per heavy atom. The Kier molecular flexibility index (Phi) is 10.7. The van der Waals surface area contributed by atoms with Crippen LogP contribution in [0.15, 0.2) is 40.0 Å². The van der Waals surface area contributed by atoms with Crippen molar-refractivity contribution in [3.05, 3.63) is 47.3 Å². The molecule has 2 N–H and O–H groups in total. The maximum absolute atomic E-state index is 5.90. The van der Waals surface area contributed by atoms with E-state index in [4.69, 9.17) is 14.0 Å². The van der Waals surface area contributed by atoms with Crippen LogP contribution in [0.4, 0.5) is 0 Å². The molecule has 0 aliphatic carbocycles. The van der Waals surface area contributed by atoms with Gasteiger partial charge in [-0.25, -0.2) is 0 Å². The second-order valence-electron chi connectivity index (χ2n) is 5.58. The number of aliphatic imine (C=N–C) groups is 1. The van der Waals surface area contributed by atoms with E-state index >= 15 is 0 Å². The average Bonchev–Trinajstić information content (AvgIpc) is 3.14. The zero-order valence-electron chi connectivity index (χ0n) is 15.4. The molecule has 0 aliphatic heterocycles. The molecular formula is C18H27IN4O3. The van der Waals surface area contributed by atoms with Crippen LogP contribution < -0.4 is 15.4 Å². The fourth-order valence-corrected chi connectivity index (χ4v) is 2.23. The number of hydrogen-bond acceptors (Lipinski definition) is 5. The Labute approximate surface area is 171 Å². The van der Waals surface area contributed by atoms with Crippen LogP contribution in [0, 0.1) is 6.92 Å². The third-order valence-electron chi connectivity index (χ3n) is 3.57. The summed E-state index contributed by atoms with van der Waals surface area (Å²) in [5.41, 5.74) is 3.06. The Hall–Kier alpha value is -1.81. The van der Waals surface area contributed by atoms with E-state index in [1.54, 1.807) is 20.4 Å². The smallest absolute Gasteiger partial charge is 0.191 e. The second-order valence-corrected chi connectivity index (χ2v) is 5.58. The summed E-state index contributed by atoms with van der Waals surface area (Å²) in [6, 6.07) is 8.01. The van der Waals surface area contributed by atoms with Crippen LogP contribution in [0.3, 0.4) is 0 Å². The number of hydrogen-bond donors (Lipinski definition) is 2. The molecule has 0 radical (unpaired) electrons. The van der Waals surface area contributed by atoms with Crippen LogP contribution in [-0.4, -0.2) is 38.5 Å². The molecular weight excluding hydrogens is 447 g/mol. The van der Waals surface area contributed by atoms with Gasteiger partial charge in [-0.15, -0.1) is 24.0 Å². The normalized spacial score (nSPS) is 11.0. The molecule has 0 spiro atoms. The highest BCUT2D eigenvalue weighted by molar-refractivity contribution is 14.0. The highest BCUT2D eigenvalue weighted by Gasteiger charge is 2.06. The van der Waals surface area contributed by atoms with Crippen molar-refractivity contribution in [2.75, 3.05) is 27.4 Å². The molecule has 1 aromatic heterocycles. The van der Waals surface area contributed by atoms with Gasteiger partial charge in [-0.2, -0.15) is 0 Å². The molecule has 0 saturated heterocycles. The number of benzene rings is 1. The molecule has 8 heteroatoms. The molecule has 0 amide bonds. The van der Waals surface area contributed by atoms with E-state index in [0.29, 0.717) is 32.3 Å². The summed E-state index contributed by atoms with van der Waals surface area (Å²) >= 11 is 0. The van der Waals surface area contributed by atoms with Crippen molar-refractivity contribution < 1.29 is 14.0 Å². The first-order valence-corrected chi connectivity index (χ1v) is 8.28. The minimum Gasteiger partial charge on any atom is -0.493 e. The van der Waals surface area contributed by atoms with Crippen LogP contribution >= 0.6 is 24.0 Å². The number of nitrogens with one attached hydrogen (secondary N) is 2. The number of guanidine groups is 1. The third-order valence-corrected chi connectivity index (χ3v) is 3.57. The molecule has 2 aromatic rings. The van der Waals surface area contributed by atoms with Gasteiger partial charge >= 0.3 is 0 Å². The Balaban J connectivity index is 0.00000338. The molecule has 0 aliphatic rings. The first kappa shape index (κ1) is 22.2. The molecule has 1 heterocycles. The molecule has 0 bridgehead atoms. The number of methoxy groups -OCH3 is 1. The van der Waals surface area contributed by atoms with Gasteiger partial charge in [-0.05, 0) is 18.6 Å². The van der Waals surface area contributed by atoms with Gasteiger partial charge in [0.05, 0.1) is 13.2 Å². The van der Waals surface area contributed by atoms with E-state index < -0.39 is 0 Å². The third kappa shape index (κ3) is 7.61. The summed E-state index contributed by atoms with van der Waals surface area (Å²) in [7, 11) is 3.43. The van der Waals surface area contributed by atoms with Gasteiger partial charge in [0, 0.05) is 45.4 Å². The lowest BCUT2D eigenvalue weighted by Crippen LogP contribution is -2.36. The average molecular weight is 474 g/mol. The maximum Gasteiger partial charge on any atom is 0.191 e. The van der Waals surface area contributed by atoms with Gasteiger partial charge < -0.3 is 24.6 Å². The van der Waals surface area contributed by atoms with Crippen molar-refractivity contribution in [1.82, 2.24) is 15.8 Å². The van der Waals surface area contributed by atoms with Gasteiger partial charge in [-0.1, -0.05) is 17.3 Å². The number of aromatic nitrogens is 1. The van der Waals surface area contributed by atoms with E-state index in [1.165, 1.54) is 5.56 Å². The zero-order valence-corrected chi connectivity index (χ0v) is 17.8. The summed E-state index contributed by atoms with van der Waals surface area (Å²) in [5, 5.41) is 10.3. The predicted molar refractivity (Wildman–Crippen MR) is 112 cm³/mol. The van der Waals surface area contributed by atoms with Crippen molar-refractivity contribution in [1.29, 1.82) is 0 Å². The topological polar surface area (TPSA) is 80.9 Å². The lowest BCUT2D eigenvalue weighted by Gasteiger charge is -2.15. The van der Waals surface area contributed by atoms with Crippen LogP contribution in [0.5, 0.6) is 5.75 Å². The maximum atomic E-state index is 5.90. The van der Waals surface area contributed by atoms with Gasteiger partial charge in [0.15, 0.2) is 5.96 Å². The summed E-state index contributed by atoms with van der Waals surface area (Å²) in [4.78, 5) is 4.21. The lowest BCUT2D eigenvalue weighted by molar-refractivity contribution is 0.171. The molecule has 144 valence electrons. The van der Waals surface area contributed by atoms with Crippen molar-refractivity contribution in [2.45, 2.75) is 26.4 Å². The molecule has 0 unspecified atom stereocenters. The van der Waals surface area contributed by atoms with Crippen molar-refractivity contribution in [3.8, 4) is 5.75 Å². The van der Waals surface area contributed by atoms with Crippen molar-refractivity contribution in [3.63, 3.8) is 0 Å². The van der Waals surface area contributed by atoms with Crippen molar-refractivity contribution >= 4 is 29.9 Å². The van der Waals surface area contributed by atoms with Crippen LogP contribution in [-0.2, 0) is 17.8 Å². The fourth-order valence-electron chi connectivity index (χ4n) is 2.23. The summed E-state index contributed by atoms with van der Waals surface area (Å²) in [5.74, 6) is 1.57. The summed E-state index contributed by atoms with van der Waals surface area (Å²) < 4.78 is 15.8. The minimum absolute atomic E-state index is 0. The Morgan fingerprint density at radius 3 is 2.69 bits per heavy atom. The minimum atomic E-state index is 0. The quantitative estimate of drug-likeness (QED) is 0.252. The first-order chi connectivity index (χ1) is 12.2. The summed E-state index contributed by atoms with van der Waals surface area (Å²) in [6.07, 6.45) is 2.41. The van der Waals surface area contributed by atoms with Gasteiger partial charge in [0.1, 0.15) is 17.7 Å². The first-order valence-electron chi connectivity index (χ1n) is 8.28. The van der Waals surface area contributed by atoms with E-state index in [1.807, 2.05) is 6.07 Å². The number of halogens is 1. The van der Waals surface area contributed by atoms with E-state index in [-0.39, 0.29) is 24.0 Å². The number of nitrogens with zero attached hydrogens (tertiary/aromatic N) is 2. The Morgan fingerprint density at radius 1 is 1.19 bits per heavy atom. The number of rotatable bonds is 9. The SMILES string of the molecule is CN=C(NCc1ccon1)NCc1ccc(C)cc1OCCCOC.I. The predicted octanol–water partition coefficient (Wildman–Crippen LogP) is 2.88. The lowest BCUT2D eigenvalue weighted by atomic mass is 10.1. The number of aryl methyl sites for hydroxylation is 1. The summed E-state index contributed by atoms with van der Waals surface area (Å²) in [6.45, 7) is 4.53. The highest BCUT2D eigenvalue weighted by Crippen LogP contribution is 2.20. The van der Waals surface area contributed by atoms with E-state index in [0.717, 1.165) is 23.4 Å². The monoisotopic (exact) mass is 474 g/mol. The van der Waals surface area contributed by atoms with E-state index in [9.17, 15) is 0 Å². The standard InChI is InChI=1S/C18H26N4O3.HI/c1-14-5-6-15(17(11-14)24-9-4-8-23-3)12-20-18(19-2)21-13-16-7-10-25-22-16;/h5-7,10-11H,4,8-9,12-13H2,1-3H3,(H2,19,20,21);1H. The van der Waals surface area contributed by atoms with Crippen LogP contribution in [0.25, 0.3) is 0 Å². The van der Waals surface area contributed by atoms with E-state index in [2.05, 4.69) is 45.9 Å². The fraction of sp³-hybridized carbons (Fsp3) is 0.444. The van der Waals surface area contributed by atoms with Gasteiger partial charge in [0.25, 0.3) is 0 Å².